The second-order valence-corrected chi connectivity index (χ2v) is 6.37. The number of rotatable bonds is 7. The van der Waals surface area contributed by atoms with Crippen molar-refractivity contribution in [2.45, 2.75) is 0 Å². The summed E-state index contributed by atoms with van der Waals surface area (Å²) >= 11 is 0. The molecule has 0 bridgehead atoms. The normalized spacial score (nSPS) is 10.7. The number of nitrogens with one attached hydrogen (secondary N) is 1. The molecular weight excluding hydrogens is 366 g/mol. The molecule has 0 spiro atoms. The van der Waals surface area contributed by atoms with Crippen LogP contribution in [0.5, 0.6) is 11.5 Å². The van der Waals surface area contributed by atoms with Crippen LogP contribution in [0, 0.1) is 0 Å². The van der Waals surface area contributed by atoms with Crippen molar-refractivity contribution in [3.8, 4) is 22.6 Å². The first-order valence-corrected chi connectivity index (χ1v) is 9.16. The number of para-hydroxylation sites is 1. The first-order chi connectivity index (χ1) is 14.3. The van der Waals surface area contributed by atoms with Gasteiger partial charge in [0.05, 0.1) is 12.6 Å². The Morgan fingerprint density at radius 2 is 1.66 bits per heavy atom. The van der Waals surface area contributed by atoms with Crippen LogP contribution >= 0.6 is 0 Å². The first-order valence-electron chi connectivity index (χ1n) is 9.16. The van der Waals surface area contributed by atoms with Crippen LogP contribution in [0.3, 0.4) is 0 Å². The van der Waals surface area contributed by atoms with Crippen molar-refractivity contribution in [2.24, 2.45) is 0 Å². The van der Waals surface area contributed by atoms with Crippen molar-refractivity contribution in [1.82, 2.24) is 9.97 Å². The molecule has 6 heteroatoms. The lowest BCUT2D eigenvalue weighted by atomic mass is 10.0. The second kappa shape index (κ2) is 8.58. The van der Waals surface area contributed by atoms with Gasteiger partial charge in [0.15, 0.2) is 6.79 Å². The van der Waals surface area contributed by atoms with Crippen molar-refractivity contribution >= 4 is 22.5 Å². The number of methoxy groups -OCH3 is 2. The highest BCUT2D eigenvalue weighted by Gasteiger charge is 2.08. The SMILES string of the molecule is COCOc1ccc(Nc2ncc3cccc(-c4ccc(OC)cc4)c3n2)cc1.[HH]. The maximum atomic E-state index is 5.41. The van der Waals surface area contributed by atoms with E-state index in [-0.39, 0.29) is 8.22 Å². The molecule has 0 unspecified atom stereocenters. The standard InChI is InChI=1S/C23H21N3O3.H2/c1-27-15-29-20-12-8-18(9-13-20)25-23-24-14-17-4-3-5-21(22(17)26-23)16-6-10-19(28-2)11-7-16;/h3-14H,15H2,1-2H3,(H,24,25,26);1H. The molecule has 1 heterocycles. The first kappa shape index (κ1) is 18.7. The van der Waals surface area contributed by atoms with E-state index in [4.69, 9.17) is 19.2 Å². The van der Waals surface area contributed by atoms with Gasteiger partial charge in [-0.05, 0) is 42.0 Å². The number of fused-ring (bicyclic) bond motifs is 1. The van der Waals surface area contributed by atoms with Crippen LogP contribution in [0.15, 0.2) is 72.9 Å². The van der Waals surface area contributed by atoms with Gasteiger partial charge in [-0.1, -0.05) is 30.3 Å². The van der Waals surface area contributed by atoms with E-state index in [1.807, 2.05) is 66.9 Å². The fraction of sp³-hybridized carbons (Fsp3) is 0.130. The molecule has 1 N–H and O–H groups in total. The summed E-state index contributed by atoms with van der Waals surface area (Å²) in [4.78, 5) is 9.20. The van der Waals surface area contributed by atoms with Crippen LogP contribution in [-0.2, 0) is 4.74 Å². The van der Waals surface area contributed by atoms with Crippen LogP contribution in [0.1, 0.15) is 1.43 Å². The van der Waals surface area contributed by atoms with Gasteiger partial charge in [0.1, 0.15) is 11.5 Å². The molecule has 0 aliphatic rings. The predicted molar refractivity (Wildman–Crippen MR) is 116 cm³/mol. The van der Waals surface area contributed by atoms with Crippen molar-refractivity contribution in [1.29, 1.82) is 0 Å². The number of anilines is 2. The molecule has 0 atom stereocenters. The number of hydrogen-bond donors (Lipinski definition) is 1. The topological polar surface area (TPSA) is 65.5 Å². The third kappa shape index (κ3) is 4.28. The lowest BCUT2D eigenvalue weighted by Crippen LogP contribution is -2.00. The molecule has 29 heavy (non-hydrogen) atoms. The average Bonchev–Trinajstić information content (AvgIpc) is 2.78. The summed E-state index contributed by atoms with van der Waals surface area (Å²) in [5.41, 5.74) is 3.87. The zero-order chi connectivity index (χ0) is 20.1. The molecule has 148 valence electrons. The largest absolute Gasteiger partial charge is 0.497 e. The molecule has 3 aromatic carbocycles. The Kier molecular flexibility index (Phi) is 5.54. The molecule has 0 amide bonds. The molecule has 0 saturated heterocycles. The van der Waals surface area contributed by atoms with Crippen molar-refractivity contribution in [3.63, 3.8) is 0 Å². The minimum absolute atomic E-state index is 0. The van der Waals surface area contributed by atoms with Gasteiger partial charge in [-0.25, -0.2) is 9.97 Å². The Hall–Kier alpha value is -3.64. The summed E-state index contributed by atoms with van der Waals surface area (Å²) in [6, 6.07) is 21.6. The van der Waals surface area contributed by atoms with Crippen molar-refractivity contribution < 1.29 is 15.6 Å². The van der Waals surface area contributed by atoms with Gasteiger partial charge in [0.25, 0.3) is 0 Å². The third-order valence-electron chi connectivity index (χ3n) is 4.47. The lowest BCUT2D eigenvalue weighted by Gasteiger charge is -2.10. The molecule has 4 rings (SSSR count). The highest BCUT2D eigenvalue weighted by molar-refractivity contribution is 5.93. The maximum Gasteiger partial charge on any atom is 0.227 e. The van der Waals surface area contributed by atoms with E-state index >= 15 is 0 Å². The molecule has 0 aliphatic heterocycles. The van der Waals surface area contributed by atoms with Gasteiger partial charge in [-0.3, -0.25) is 0 Å². The molecule has 0 fully saturated rings. The summed E-state index contributed by atoms with van der Waals surface area (Å²) in [6.45, 7) is 0.217. The molecule has 0 saturated carbocycles. The molecule has 0 radical (unpaired) electrons. The van der Waals surface area contributed by atoms with E-state index in [0.717, 1.165) is 39.2 Å². The molecule has 0 aliphatic carbocycles. The molecule has 4 aromatic rings. The van der Waals surface area contributed by atoms with E-state index in [9.17, 15) is 0 Å². The minimum atomic E-state index is 0. The monoisotopic (exact) mass is 389 g/mol. The van der Waals surface area contributed by atoms with Crippen molar-refractivity contribution in [2.75, 3.05) is 26.3 Å². The Balaban J connectivity index is 0.00000256. The van der Waals surface area contributed by atoms with Crippen LogP contribution in [0.2, 0.25) is 0 Å². The Morgan fingerprint density at radius 1 is 0.897 bits per heavy atom. The lowest BCUT2D eigenvalue weighted by molar-refractivity contribution is 0.0511. The summed E-state index contributed by atoms with van der Waals surface area (Å²) < 4.78 is 15.6. The van der Waals surface area contributed by atoms with E-state index < -0.39 is 0 Å². The number of ether oxygens (including phenoxy) is 3. The zero-order valence-electron chi connectivity index (χ0n) is 16.3. The van der Waals surface area contributed by atoms with Gasteiger partial charge < -0.3 is 19.5 Å². The Bertz CT molecular complexity index is 1100. The van der Waals surface area contributed by atoms with E-state index in [1.165, 1.54) is 0 Å². The van der Waals surface area contributed by atoms with E-state index in [2.05, 4.69) is 16.4 Å². The van der Waals surface area contributed by atoms with Gasteiger partial charge in [-0.2, -0.15) is 0 Å². The van der Waals surface area contributed by atoms with Gasteiger partial charge in [-0.15, -0.1) is 0 Å². The quantitative estimate of drug-likeness (QED) is 0.434. The number of aromatic nitrogens is 2. The fourth-order valence-corrected chi connectivity index (χ4v) is 3.01. The maximum absolute atomic E-state index is 5.41. The van der Waals surface area contributed by atoms with Crippen molar-refractivity contribution in [3.05, 3.63) is 72.9 Å². The van der Waals surface area contributed by atoms with E-state index in [0.29, 0.717) is 5.95 Å². The van der Waals surface area contributed by atoms with Gasteiger partial charge >= 0.3 is 0 Å². The van der Waals surface area contributed by atoms with Crippen LogP contribution in [0.25, 0.3) is 22.0 Å². The summed E-state index contributed by atoms with van der Waals surface area (Å²) in [7, 11) is 3.25. The van der Waals surface area contributed by atoms with Crippen LogP contribution in [-0.4, -0.2) is 31.0 Å². The van der Waals surface area contributed by atoms with Gasteiger partial charge in [0.2, 0.25) is 5.95 Å². The molecule has 1 aromatic heterocycles. The molecular formula is C23H23N3O3. The highest BCUT2D eigenvalue weighted by Crippen LogP contribution is 2.29. The smallest absolute Gasteiger partial charge is 0.227 e. The minimum Gasteiger partial charge on any atom is -0.497 e. The zero-order valence-corrected chi connectivity index (χ0v) is 16.3. The van der Waals surface area contributed by atoms with Crippen LogP contribution < -0.4 is 14.8 Å². The predicted octanol–water partition coefficient (Wildman–Crippen LogP) is 5.28. The Labute approximate surface area is 170 Å². The second-order valence-electron chi connectivity index (χ2n) is 6.37. The van der Waals surface area contributed by atoms with E-state index in [1.54, 1.807) is 14.2 Å². The van der Waals surface area contributed by atoms with Gasteiger partial charge in [0, 0.05) is 31.4 Å². The highest BCUT2D eigenvalue weighted by atomic mass is 16.7. The number of benzene rings is 3. The molecule has 6 nitrogen and oxygen atoms in total. The number of nitrogens with zero attached hydrogens (tertiary/aromatic N) is 2. The summed E-state index contributed by atoms with van der Waals surface area (Å²) in [5.74, 6) is 2.09. The average molecular weight is 389 g/mol. The summed E-state index contributed by atoms with van der Waals surface area (Å²) in [5, 5.41) is 4.23. The number of hydrogen-bond acceptors (Lipinski definition) is 6. The third-order valence-corrected chi connectivity index (χ3v) is 4.47. The fourth-order valence-electron chi connectivity index (χ4n) is 3.01. The summed E-state index contributed by atoms with van der Waals surface area (Å²) in [6.07, 6.45) is 1.83. The van der Waals surface area contributed by atoms with Crippen LogP contribution in [0.4, 0.5) is 11.6 Å². The Morgan fingerprint density at radius 3 is 2.38 bits per heavy atom.